The first-order valence-electron chi connectivity index (χ1n) is 5.06. The van der Waals surface area contributed by atoms with Crippen LogP contribution in [-0.2, 0) is 0 Å². The van der Waals surface area contributed by atoms with Crippen molar-refractivity contribution < 1.29 is 10.0 Å². The Morgan fingerprint density at radius 3 is 2.60 bits per heavy atom. The Balaban J connectivity index is 2.16. The van der Waals surface area contributed by atoms with Gasteiger partial charge in [-0.3, -0.25) is 0 Å². The van der Waals surface area contributed by atoms with E-state index in [1.54, 1.807) is 6.07 Å². The molecule has 5 heteroatoms. The van der Waals surface area contributed by atoms with E-state index in [1.165, 1.54) is 0 Å². The molecule has 1 fully saturated rings. The molecule has 1 aliphatic heterocycles. The Morgan fingerprint density at radius 1 is 1.20 bits per heavy atom. The van der Waals surface area contributed by atoms with Crippen molar-refractivity contribution in [3.63, 3.8) is 0 Å². The number of anilines is 1. The van der Waals surface area contributed by atoms with E-state index in [9.17, 15) is 0 Å². The minimum Gasteiger partial charge on any atom is -0.423 e. The Labute approximate surface area is 94.2 Å². The van der Waals surface area contributed by atoms with Crippen LogP contribution in [0, 0.1) is 0 Å². The molecule has 1 aliphatic rings. The molecule has 80 valence electrons. The van der Waals surface area contributed by atoms with Gasteiger partial charge in [0.2, 0.25) is 0 Å². The lowest BCUT2D eigenvalue weighted by Gasteiger charge is -2.28. The molecule has 15 heavy (non-hydrogen) atoms. The summed E-state index contributed by atoms with van der Waals surface area (Å²) in [7, 11) is -1.37. The first-order chi connectivity index (χ1) is 7.27. The number of hydrogen-bond acceptors (Lipinski definition) is 4. The van der Waals surface area contributed by atoms with Crippen LogP contribution >= 0.6 is 11.8 Å². The van der Waals surface area contributed by atoms with Gasteiger partial charge in [0.1, 0.15) is 0 Å². The van der Waals surface area contributed by atoms with Crippen LogP contribution in [0.1, 0.15) is 0 Å². The summed E-state index contributed by atoms with van der Waals surface area (Å²) in [6, 6.07) is 7.46. The molecule has 0 saturated carbocycles. The van der Waals surface area contributed by atoms with Gasteiger partial charge in [-0.15, -0.1) is 0 Å². The molecule has 0 bridgehead atoms. The van der Waals surface area contributed by atoms with Gasteiger partial charge in [-0.2, -0.15) is 11.8 Å². The summed E-state index contributed by atoms with van der Waals surface area (Å²) in [6.45, 7) is 2.07. The van der Waals surface area contributed by atoms with E-state index < -0.39 is 7.12 Å². The Morgan fingerprint density at radius 2 is 1.93 bits per heavy atom. The standard InChI is InChI=1S/C10H14BNO2S/c13-11(14)9-2-1-3-10(8-9)12-4-6-15-7-5-12/h1-3,8,13-14H,4-7H2. The van der Waals surface area contributed by atoms with Gasteiger partial charge < -0.3 is 14.9 Å². The fourth-order valence-corrected chi connectivity index (χ4v) is 2.61. The zero-order valence-corrected chi connectivity index (χ0v) is 9.28. The van der Waals surface area contributed by atoms with Crippen molar-refractivity contribution in [1.82, 2.24) is 0 Å². The molecule has 3 nitrogen and oxygen atoms in total. The predicted octanol–water partition coefficient (Wildman–Crippen LogP) is -0.0804. The Bertz CT molecular complexity index is 329. The van der Waals surface area contributed by atoms with Crippen LogP contribution in [0.2, 0.25) is 0 Å². The van der Waals surface area contributed by atoms with Crippen LogP contribution in [0.4, 0.5) is 5.69 Å². The summed E-state index contributed by atoms with van der Waals surface area (Å²) >= 11 is 1.96. The van der Waals surface area contributed by atoms with Crippen molar-refractivity contribution in [2.45, 2.75) is 0 Å². The highest BCUT2D eigenvalue weighted by Gasteiger charge is 2.15. The third-order valence-electron chi connectivity index (χ3n) is 2.54. The van der Waals surface area contributed by atoms with E-state index in [-0.39, 0.29) is 0 Å². The molecule has 1 aromatic carbocycles. The van der Waals surface area contributed by atoms with Gasteiger partial charge in [-0.05, 0) is 17.6 Å². The molecule has 0 aromatic heterocycles. The molecule has 2 rings (SSSR count). The van der Waals surface area contributed by atoms with E-state index >= 15 is 0 Å². The molecule has 1 saturated heterocycles. The maximum Gasteiger partial charge on any atom is 0.488 e. The van der Waals surface area contributed by atoms with E-state index in [2.05, 4.69) is 4.90 Å². The second kappa shape index (κ2) is 4.92. The van der Waals surface area contributed by atoms with Crippen LogP contribution in [0.25, 0.3) is 0 Å². The van der Waals surface area contributed by atoms with E-state index in [4.69, 9.17) is 10.0 Å². The van der Waals surface area contributed by atoms with Gasteiger partial charge in [0, 0.05) is 30.3 Å². The first-order valence-corrected chi connectivity index (χ1v) is 6.21. The third kappa shape index (κ3) is 2.68. The van der Waals surface area contributed by atoms with Crippen molar-refractivity contribution in [2.75, 3.05) is 29.5 Å². The molecule has 0 radical (unpaired) electrons. The topological polar surface area (TPSA) is 43.7 Å². The molecule has 0 aliphatic carbocycles. The lowest BCUT2D eigenvalue weighted by atomic mass is 9.80. The van der Waals surface area contributed by atoms with Gasteiger partial charge >= 0.3 is 7.12 Å². The predicted molar refractivity (Wildman–Crippen MR) is 65.8 cm³/mol. The number of benzene rings is 1. The Kier molecular flexibility index (Phi) is 3.56. The second-order valence-electron chi connectivity index (χ2n) is 3.57. The molecule has 0 unspecified atom stereocenters. The van der Waals surface area contributed by atoms with Crippen molar-refractivity contribution >= 4 is 30.0 Å². The normalized spacial score (nSPS) is 16.5. The lowest BCUT2D eigenvalue weighted by molar-refractivity contribution is 0.426. The first kappa shape index (κ1) is 10.9. The van der Waals surface area contributed by atoms with Crippen LogP contribution < -0.4 is 10.4 Å². The second-order valence-corrected chi connectivity index (χ2v) is 4.79. The summed E-state index contributed by atoms with van der Waals surface area (Å²) in [5.74, 6) is 2.29. The highest BCUT2D eigenvalue weighted by molar-refractivity contribution is 7.99. The van der Waals surface area contributed by atoms with Crippen molar-refractivity contribution in [2.24, 2.45) is 0 Å². The van der Waals surface area contributed by atoms with E-state index in [0.717, 1.165) is 30.3 Å². The summed E-state index contributed by atoms with van der Waals surface area (Å²) in [6.07, 6.45) is 0. The molecule has 2 N–H and O–H groups in total. The molecular weight excluding hydrogens is 209 g/mol. The Hall–Kier alpha value is -0.645. The van der Waals surface area contributed by atoms with Crippen LogP contribution in [0.5, 0.6) is 0 Å². The van der Waals surface area contributed by atoms with Gasteiger partial charge in [0.25, 0.3) is 0 Å². The molecule has 0 spiro atoms. The van der Waals surface area contributed by atoms with Gasteiger partial charge in [0.15, 0.2) is 0 Å². The summed E-state index contributed by atoms with van der Waals surface area (Å²) in [5, 5.41) is 18.2. The average Bonchev–Trinajstić information content (AvgIpc) is 2.30. The van der Waals surface area contributed by atoms with Crippen molar-refractivity contribution in [3.05, 3.63) is 24.3 Å². The highest BCUT2D eigenvalue weighted by Crippen LogP contribution is 2.17. The van der Waals surface area contributed by atoms with Gasteiger partial charge in [0.05, 0.1) is 0 Å². The van der Waals surface area contributed by atoms with E-state index in [0.29, 0.717) is 5.46 Å². The SMILES string of the molecule is OB(O)c1cccc(N2CCSCC2)c1. The van der Waals surface area contributed by atoms with Gasteiger partial charge in [-0.25, -0.2) is 0 Å². The minimum absolute atomic E-state index is 0.561. The summed E-state index contributed by atoms with van der Waals surface area (Å²) in [5.41, 5.74) is 1.65. The fraction of sp³-hybridized carbons (Fsp3) is 0.400. The number of thioether (sulfide) groups is 1. The molecular formula is C10H14BNO2S. The largest absolute Gasteiger partial charge is 0.488 e. The van der Waals surface area contributed by atoms with Crippen LogP contribution in [-0.4, -0.2) is 41.8 Å². The molecule has 0 atom stereocenters. The summed E-state index contributed by atoms with van der Waals surface area (Å²) < 4.78 is 0. The monoisotopic (exact) mass is 223 g/mol. The maximum atomic E-state index is 9.08. The number of hydrogen-bond donors (Lipinski definition) is 2. The summed E-state index contributed by atoms with van der Waals surface area (Å²) in [4.78, 5) is 2.28. The maximum absolute atomic E-state index is 9.08. The zero-order valence-electron chi connectivity index (χ0n) is 8.47. The van der Waals surface area contributed by atoms with Gasteiger partial charge in [-0.1, -0.05) is 12.1 Å². The number of rotatable bonds is 2. The molecule has 0 amide bonds. The van der Waals surface area contributed by atoms with Crippen molar-refractivity contribution in [1.29, 1.82) is 0 Å². The van der Waals surface area contributed by atoms with Crippen LogP contribution in [0.15, 0.2) is 24.3 Å². The molecule has 1 heterocycles. The quantitative estimate of drug-likeness (QED) is 0.688. The number of nitrogens with zero attached hydrogens (tertiary/aromatic N) is 1. The fourth-order valence-electron chi connectivity index (χ4n) is 1.70. The molecule has 1 aromatic rings. The van der Waals surface area contributed by atoms with E-state index in [1.807, 2.05) is 30.0 Å². The average molecular weight is 223 g/mol. The lowest BCUT2D eigenvalue weighted by Crippen LogP contribution is -2.35. The highest BCUT2D eigenvalue weighted by atomic mass is 32.2. The minimum atomic E-state index is -1.37. The van der Waals surface area contributed by atoms with Crippen LogP contribution in [0.3, 0.4) is 0 Å². The third-order valence-corrected chi connectivity index (χ3v) is 3.49. The smallest absolute Gasteiger partial charge is 0.423 e. The van der Waals surface area contributed by atoms with Crippen molar-refractivity contribution in [3.8, 4) is 0 Å². The zero-order chi connectivity index (χ0) is 10.7.